The van der Waals surface area contributed by atoms with Crippen LogP contribution < -0.4 is 10.6 Å². The minimum Gasteiger partial charge on any atom is -0.350 e. The van der Waals surface area contributed by atoms with Crippen molar-refractivity contribution in [2.24, 2.45) is 0 Å². The first-order valence-corrected chi connectivity index (χ1v) is 5.16. The lowest BCUT2D eigenvalue weighted by Gasteiger charge is -2.12. The topological polar surface area (TPSA) is 69.8 Å². The standard InChI is InChI=1S/C10H18N4O/c1-4-11-7(2)5-12-10(15)9-6-13-14-8(9)3/h6-7,11H,4-5H2,1-3H3,(H,12,15)(H,13,14)/t7-/m1/s1. The van der Waals surface area contributed by atoms with Crippen LogP contribution in [0.4, 0.5) is 0 Å². The second-order valence-corrected chi connectivity index (χ2v) is 3.58. The van der Waals surface area contributed by atoms with Crippen LogP contribution >= 0.6 is 0 Å². The summed E-state index contributed by atoms with van der Waals surface area (Å²) in [6.07, 6.45) is 1.54. The molecule has 5 heteroatoms. The maximum absolute atomic E-state index is 11.6. The second kappa shape index (κ2) is 5.50. The van der Waals surface area contributed by atoms with Gasteiger partial charge in [-0.05, 0) is 20.4 Å². The number of nitrogens with zero attached hydrogens (tertiary/aromatic N) is 1. The van der Waals surface area contributed by atoms with Crippen LogP contribution in [0.1, 0.15) is 29.9 Å². The Morgan fingerprint density at radius 3 is 2.93 bits per heavy atom. The van der Waals surface area contributed by atoms with E-state index in [1.165, 1.54) is 0 Å². The van der Waals surface area contributed by atoms with Crippen LogP contribution in [0.25, 0.3) is 0 Å². The molecule has 1 aromatic heterocycles. The van der Waals surface area contributed by atoms with E-state index >= 15 is 0 Å². The predicted molar refractivity (Wildman–Crippen MR) is 58.8 cm³/mol. The molecule has 15 heavy (non-hydrogen) atoms. The lowest BCUT2D eigenvalue weighted by Crippen LogP contribution is -2.38. The quantitative estimate of drug-likeness (QED) is 0.660. The molecule has 0 spiro atoms. The Balaban J connectivity index is 2.40. The Labute approximate surface area is 89.6 Å². The number of rotatable bonds is 5. The van der Waals surface area contributed by atoms with Gasteiger partial charge in [-0.15, -0.1) is 0 Å². The summed E-state index contributed by atoms with van der Waals surface area (Å²) in [5, 5.41) is 12.6. The van der Waals surface area contributed by atoms with Crippen LogP contribution in [-0.2, 0) is 0 Å². The van der Waals surface area contributed by atoms with Gasteiger partial charge in [-0.2, -0.15) is 5.10 Å². The van der Waals surface area contributed by atoms with Crippen molar-refractivity contribution in [3.05, 3.63) is 17.5 Å². The van der Waals surface area contributed by atoms with Gasteiger partial charge in [0.25, 0.3) is 5.91 Å². The van der Waals surface area contributed by atoms with Crippen LogP contribution in [0.3, 0.4) is 0 Å². The predicted octanol–water partition coefficient (Wildman–Crippen LogP) is 0.446. The smallest absolute Gasteiger partial charge is 0.254 e. The molecule has 0 saturated carbocycles. The number of carbonyl (C=O) groups excluding carboxylic acids is 1. The van der Waals surface area contributed by atoms with Gasteiger partial charge in [0, 0.05) is 18.3 Å². The third-order valence-electron chi connectivity index (χ3n) is 2.20. The van der Waals surface area contributed by atoms with E-state index in [4.69, 9.17) is 0 Å². The molecule has 3 N–H and O–H groups in total. The Morgan fingerprint density at radius 1 is 1.67 bits per heavy atom. The molecule has 0 aliphatic carbocycles. The Morgan fingerprint density at radius 2 is 2.40 bits per heavy atom. The molecule has 0 fully saturated rings. The van der Waals surface area contributed by atoms with Gasteiger partial charge >= 0.3 is 0 Å². The summed E-state index contributed by atoms with van der Waals surface area (Å²) in [6.45, 7) is 7.43. The van der Waals surface area contributed by atoms with Crippen LogP contribution in [0.5, 0.6) is 0 Å². The fourth-order valence-electron chi connectivity index (χ4n) is 1.34. The zero-order valence-electron chi connectivity index (χ0n) is 9.42. The van der Waals surface area contributed by atoms with E-state index in [2.05, 4.69) is 20.8 Å². The van der Waals surface area contributed by atoms with Crippen molar-refractivity contribution in [3.63, 3.8) is 0 Å². The van der Waals surface area contributed by atoms with Crippen LogP contribution in [0.15, 0.2) is 6.20 Å². The van der Waals surface area contributed by atoms with Crippen molar-refractivity contribution >= 4 is 5.91 Å². The number of aromatic amines is 1. The average Bonchev–Trinajstić information content (AvgIpc) is 2.61. The fraction of sp³-hybridized carbons (Fsp3) is 0.600. The van der Waals surface area contributed by atoms with Gasteiger partial charge in [-0.3, -0.25) is 9.89 Å². The Bertz CT molecular complexity index is 321. The molecule has 0 aromatic carbocycles. The zero-order chi connectivity index (χ0) is 11.3. The first-order chi connectivity index (χ1) is 7.15. The SMILES string of the molecule is CCN[C@H](C)CNC(=O)c1cn[nH]c1C. The van der Waals surface area contributed by atoms with Gasteiger partial charge in [0.05, 0.1) is 11.8 Å². The van der Waals surface area contributed by atoms with Crippen molar-refractivity contribution in [1.82, 2.24) is 20.8 Å². The maximum atomic E-state index is 11.6. The highest BCUT2D eigenvalue weighted by molar-refractivity contribution is 5.94. The van der Waals surface area contributed by atoms with Gasteiger partial charge in [0.15, 0.2) is 0 Å². The molecule has 1 aromatic rings. The molecular formula is C10H18N4O. The highest BCUT2D eigenvalue weighted by Gasteiger charge is 2.10. The van der Waals surface area contributed by atoms with Crippen LogP contribution in [0, 0.1) is 6.92 Å². The molecule has 0 aliphatic heterocycles. The number of H-pyrrole nitrogens is 1. The molecule has 0 saturated heterocycles. The van der Waals surface area contributed by atoms with E-state index in [9.17, 15) is 4.79 Å². The molecule has 0 unspecified atom stereocenters. The third-order valence-corrected chi connectivity index (χ3v) is 2.20. The molecular weight excluding hydrogens is 192 g/mol. The minimum absolute atomic E-state index is 0.0778. The zero-order valence-corrected chi connectivity index (χ0v) is 9.42. The van der Waals surface area contributed by atoms with Crippen molar-refractivity contribution < 1.29 is 4.79 Å². The normalized spacial score (nSPS) is 12.5. The van der Waals surface area contributed by atoms with Crippen molar-refractivity contribution in [3.8, 4) is 0 Å². The first kappa shape index (κ1) is 11.7. The van der Waals surface area contributed by atoms with Gasteiger partial charge in [-0.1, -0.05) is 6.92 Å². The number of aromatic nitrogens is 2. The Kier molecular flexibility index (Phi) is 4.30. The summed E-state index contributed by atoms with van der Waals surface area (Å²) in [5.41, 5.74) is 1.40. The number of hydrogen-bond donors (Lipinski definition) is 3. The number of nitrogens with one attached hydrogen (secondary N) is 3. The van der Waals surface area contributed by atoms with Crippen molar-refractivity contribution in [2.75, 3.05) is 13.1 Å². The molecule has 0 bridgehead atoms. The average molecular weight is 210 g/mol. The van der Waals surface area contributed by atoms with E-state index < -0.39 is 0 Å². The summed E-state index contributed by atoms with van der Waals surface area (Å²) in [6, 6.07) is 0.283. The van der Waals surface area contributed by atoms with Crippen LogP contribution in [-0.4, -0.2) is 35.2 Å². The molecule has 84 valence electrons. The molecule has 1 heterocycles. The second-order valence-electron chi connectivity index (χ2n) is 3.58. The molecule has 1 amide bonds. The van der Waals surface area contributed by atoms with Gasteiger partial charge in [0.1, 0.15) is 0 Å². The summed E-state index contributed by atoms with van der Waals surface area (Å²) in [7, 11) is 0. The lowest BCUT2D eigenvalue weighted by molar-refractivity contribution is 0.0949. The first-order valence-electron chi connectivity index (χ1n) is 5.16. The van der Waals surface area contributed by atoms with E-state index in [1.807, 2.05) is 20.8 Å². The summed E-state index contributed by atoms with van der Waals surface area (Å²) in [5.74, 6) is -0.0778. The Hall–Kier alpha value is -1.36. The number of amides is 1. The summed E-state index contributed by atoms with van der Waals surface area (Å²) >= 11 is 0. The van der Waals surface area contributed by atoms with Crippen LogP contribution in [0.2, 0.25) is 0 Å². The number of aryl methyl sites for hydroxylation is 1. The van der Waals surface area contributed by atoms with E-state index in [0.29, 0.717) is 12.1 Å². The monoisotopic (exact) mass is 210 g/mol. The molecule has 5 nitrogen and oxygen atoms in total. The maximum Gasteiger partial charge on any atom is 0.254 e. The largest absolute Gasteiger partial charge is 0.350 e. The number of carbonyl (C=O) groups is 1. The number of likely N-dealkylation sites (N-methyl/N-ethyl adjacent to an activating group) is 1. The highest BCUT2D eigenvalue weighted by Crippen LogP contribution is 2.01. The summed E-state index contributed by atoms with van der Waals surface area (Å²) < 4.78 is 0. The third kappa shape index (κ3) is 3.36. The van der Waals surface area contributed by atoms with Crippen molar-refractivity contribution in [2.45, 2.75) is 26.8 Å². The van der Waals surface area contributed by atoms with Gasteiger partial charge in [0.2, 0.25) is 0 Å². The number of hydrogen-bond acceptors (Lipinski definition) is 3. The molecule has 1 atom stereocenters. The molecule has 1 rings (SSSR count). The van der Waals surface area contributed by atoms with Crippen molar-refractivity contribution in [1.29, 1.82) is 0 Å². The van der Waals surface area contributed by atoms with Gasteiger partial charge < -0.3 is 10.6 Å². The van der Waals surface area contributed by atoms with E-state index in [1.54, 1.807) is 6.20 Å². The minimum atomic E-state index is -0.0778. The van der Waals surface area contributed by atoms with E-state index in [-0.39, 0.29) is 11.9 Å². The lowest BCUT2D eigenvalue weighted by atomic mass is 10.2. The van der Waals surface area contributed by atoms with E-state index in [0.717, 1.165) is 12.2 Å². The van der Waals surface area contributed by atoms with Gasteiger partial charge in [-0.25, -0.2) is 0 Å². The highest BCUT2D eigenvalue weighted by atomic mass is 16.1. The fourth-order valence-corrected chi connectivity index (χ4v) is 1.34. The molecule has 0 radical (unpaired) electrons. The molecule has 0 aliphatic rings. The summed E-state index contributed by atoms with van der Waals surface area (Å²) in [4.78, 5) is 11.6.